The van der Waals surface area contributed by atoms with E-state index < -0.39 is 12.0 Å². The van der Waals surface area contributed by atoms with Crippen molar-refractivity contribution in [2.45, 2.75) is 13.0 Å². The van der Waals surface area contributed by atoms with E-state index in [1.54, 1.807) is 37.5 Å². The molecular weight excluding hydrogens is 326 g/mol. The predicted octanol–water partition coefficient (Wildman–Crippen LogP) is 3.44. The second kappa shape index (κ2) is 6.47. The van der Waals surface area contributed by atoms with E-state index in [2.05, 4.69) is 9.97 Å². The first-order valence-electron chi connectivity index (χ1n) is 7.38. The van der Waals surface area contributed by atoms with E-state index in [1.807, 2.05) is 12.1 Å². The molecule has 1 aromatic carbocycles. The summed E-state index contributed by atoms with van der Waals surface area (Å²) in [7, 11) is 0. The lowest BCUT2D eigenvalue weighted by Gasteiger charge is -2.09. The van der Waals surface area contributed by atoms with E-state index in [0.717, 1.165) is 27.7 Å². The minimum atomic E-state index is -0.623. The number of carbonyl (C=O) groups is 1. The number of aliphatic hydroxyl groups is 1. The lowest BCUT2D eigenvalue weighted by Crippen LogP contribution is -2.04. The van der Waals surface area contributed by atoms with Crippen molar-refractivity contribution < 1.29 is 9.90 Å². The number of nitrogens with two attached hydrogens (primary N) is 1. The summed E-state index contributed by atoms with van der Waals surface area (Å²) in [5, 5.41) is 11.1. The Labute approximate surface area is 143 Å². The Morgan fingerprint density at radius 2 is 2.17 bits per heavy atom. The molecule has 6 heteroatoms. The molecule has 0 aliphatic heterocycles. The third-order valence-electron chi connectivity index (χ3n) is 3.77. The molecule has 4 N–H and O–H groups in total. The number of nitrogens with zero attached hydrogens (tertiary/aromatic N) is 1. The summed E-state index contributed by atoms with van der Waals surface area (Å²) in [4.78, 5) is 18.4. The summed E-state index contributed by atoms with van der Waals surface area (Å²) in [5.41, 5.74) is 9.14. The number of primary amides is 1. The maximum absolute atomic E-state index is 10.9. The smallest absolute Gasteiger partial charge is 0.241 e. The normalized spacial score (nSPS) is 12.8. The lowest BCUT2D eigenvalue weighted by atomic mass is 10.0. The summed E-state index contributed by atoms with van der Waals surface area (Å²) in [6, 6.07) is 7.46. The molecule has 5 nitrogen and oxygen atoms in total. The first kappa shape index (κ1) is 16.2. The molecule has 0 aliphatic rings. The fraction of sp³-hybridized carbons (Fsp3) is 0.111. The van der Waals surface area contributed by atoms with Crippen molar-refractivity contribution in [1.29, 1.82) is 0 Å². The summed E-state index contributed by atoms with van der Waals surface area (Å²) >= 11 is 6.24. The van der Waals surface area contributed by atoms with Gasteiger partial charge in [-0.25, -0.2) is 4.98 Å². The number of aliphatic hydroxyl groups excluding tert-OH is 1. The average Bonchev–Trinajstić information content (AvgIpc) is 2.94. The predicted molar refractivity (Wildman–Crippen MR) is 95.4 cm³/mol. The number of amides is 1. The summed E-state index contributed by atoms with van der Waals surface area (Å²) in [5.74, 6) is -0.506. The number of H-pyrrole nitrogens is 1. The van der Waals surface area contributed by atoms with Gasteiger partial charge in [0.15, 0.2) is 0 Å². The van der Waals surface area contributed by atoms with E-state index in [-0.39, 0.29) is 0 Å². The fourth-order valence-corrected chi connectivity index (χ4v) is 2.88. The van der Waals surface area contributed by atoms with Crippen LogP contribution < -0.4 is 5.73 Å². The molecule has 2 aromatic heterocycles. The first-order chi connectivity index (χ1) is 11.5. The van der Waals surface area contributed by atoms with Crippen molar-refractivity contribution in [2.75, 3.05) is 0 Å². The second-order valence-electron chi connectivity index (χ2n) is 5.51. The number of pyridine rings is 1. The van der Waals surface area contributed by atoms with Gasteiger partial charge in [0.25, 0.3) is 0 Å². The van der Waals surface area contributed by atoms with Crippen LogP contribution in [0.5, 0.6) is 0 Å². The number of hydrogen-bond donors (Lipinski definition) is 3. The van der Waals surface area contributed by atoms with Crippen LogP contribution >= 0.6 is 11.6 Å². The molecular formula is C18H16ClN3O2. The SMILES string of the molecule is C[C@H](O)c1ccc(-c2cnc3[nH]cc(/C=C/C(N)=O)c3c2)cc1Cl. The van der Waals surface area contributed by atoms with Crippen molar-refractivity contribution in [3.05, 3.63) is 58.9 Å². The first-order valence-corrected chi connectivity index (χ1v) is 7.76. The molecule has 0 unspecified atom stereocenters. The highest BCUT2D eigenvalue weighted by Crippen LogP contribution is 2.30. The zero-order valence-corrected chi connectivity index (χ0v) is 13.7. The van der Waals surface area contributed by atoms with Gasteiger partial charge in [0.2, 0.25) is 5.91 Å². The molecule has 122 valence electrons. The summed E-state index contributed by atoms with van der Waals surface area (Å²) in [6.07, 6.45) is 5.85. The maximum atomic E-state index is 10.9. The van der Waals surface area contributed by atoms with Gasteiger partial charge in [-0.3, -0.25) is 4.79 Å². The van der Waals surface area contributed by atoms with Crippen molar-refractivity contribution >= 4 is 34.6 Å². The minimum absolute atomic E-state index is 0.505. The van der Waals surface area contributed by atoms with Crippen LogP contribution in [0.15, 0.2) is 42.7 Å². The molecule has 24 heavy (non-hydrogen) atoms. The number of benzene rings is 1. The number of halogens is 1. The van der Waals surface area contributed by atoms with Gasteiger partial charge in [0.1, 0.15) is 5.65 Å². The van der Waals surface area contributed by atoms with Gasteiger partial charge in [-0.15, -0.1) is 0 Å². The van der Waals surface area contributed by atoms with Crippen LogP contribution in [0.2, 0.25) is 5.02 Å². The second-order valence-corrected chi connectivity index (χ2v) is 5.92. The highest BCUT2D eigenvalue weighted by molar-refractivity contribution is 6.31. The third-order valence-corrected chi connectivity index (χ3v) is 4.10. The standard InChI is InChI=1S/C18H16ClN3O2/c1-10(23)14-4-2-11(7-16(14)19)13-6-15-12(3-5-17(20)24)8-21-18(15)22-9-13/h2-10,23H,1H3,(H2,20,24)(H,21,22)/b5-3+/t10-/m0/s1. The van der Waals surface area contributed by atoms with Crippen molar-refractivity contribution in [3.63, 3.8) is 0 Å². The molecule has 0 fully saturated rings. The van der Waals surface area contributed by atoms with Gasteiger partial charge in [-0.05, 0) is 36.3 Å². The van der Waals surface area contributed by atoms with Crippen LogP contribution in [-0.2, 0) is 4.79 Å². The van der Waals surface area contributed by atoms with Crippen molar-refractivity contribution in [1.82, 2.24) is 9.97 Å². The largest absolute Gasteiger partial charge is 0.389 e. The van der Waals surface area contributed by atoms with Crippen LogP contribution in [0.25, 0.3) is 28.2 Å². The highest BCUT2D eigenvalue weighted by atomic mass is 35.5. The van der Waals surface area contributed by atoms with Crippen LogP contribution in [0.1, 0.15) is 24.2 Å². The Morgan fingerprint density at radius 1 is 1.38 bits per heavy atom. The zero-order chi connectivity index (χ0) is 17.3. The Kier molecular flexibility index (Phi) is 4.38. The summed E-state index contributed by atoms with van der Waals surface area (Å²) < 4.78 is 0. The van der Waals surface area contributed by atoms with Gasteiger partial charge in [0.05, 0.1) is 6.10 Å². The monoisotopic (exact) mass is 341 g/mol. The number of aromatic nitrogens is 2. The molecule has 0 aliphatic carbocycles. The molecule has 1 amide bonds. The molecule has 0 radical (unpaired) electrons. The topological polar surface area (TPSA) is 92.0 Å². The maximum Gasteiger partial charge on any atom is 0.241 e. The van der Waals surface area contributed by atoms with Crippen molar-refractivity contribution in [2.24, 2.45) is 5.73 Å². The highest BCUT2D eigenvalue weighted by Gasteiger charge is 2.10. The van der Waals surface area contributed by atoms with Gasteiger partial charge in [0, 0.05) is 40.0 Å². The third kappa shape index (κ3) is 3.18. The van der Waals surface area contributed by atoms with Gasteiger partial charge in [-0.2, -0.15) is 0 Å². The van der Waals surface area contributed by atoms with Gasteiger partial charge < -0.3 is 15.8 Å². The number of carbonyl (C=O) groups excluding carboxylic acids is 1. The lowest BCUT2D eigenvalue weighted by molar-refractivity contribution is -0.113. The van der Waals surface area contributed by atoms with Crippen LogP contribution in [-0.4, -0.2) is 21.0 Å². The van der Waals surface area contributed by atoms with Gasteiger partial charge >= 0.3 is 0 Å². The van der Waals surface area contributed by atoms with E-state index in [1.165, 1.54) is 6.08 Å². The van der Waals surface area contributed by atoms with Gasteiger partial charge in [-0.1, -0.05) is 23.7 Å². The molecule has 2 heterocycles. The van der Waals surface area contributed by atoms with Crippen LogP contribution in [0.3, 0.4) is 0 Å². The van der Waals surface area contributed by atoms with E-state index >= 15 is 0 Å². The average molecular weight is 342 g/mol. The summed E-state index contributed by atoms with van der Waals surface area (Å²) in [6.45, 7) is 1.67. The van der Waals surface area contributed by atoms with E-state index in [0.29, 0.717) is 10.6 Å². The molecule has 3 aromatic rings. The van der Waals surface area contributed by atoms with Crippen LogP contribution in [0, 0.1) is 0 Å². The molecule has 0 saturated heterocycles. The Bertz CT molecular complexity index is 945. The van der Waals surface area contributed by atoms with E-state index in [9.17, 15) is 9.90 Å². The fourth-order valence-electron chi connectivity index (χ4n) is 2.54. The Morgan fingerprint density at radius 3 is 2.83 bits per heavy atom. The Balaban J connectivity index is 2.06. The quantitative estimate of drug-likeness (QED) is 0.635. The van der Waals surface area contributed by atoms with E-state index in [4.69, 9.17) is 17.3 Å². The van der Waals surface area contributed by atoms with Crippen LogP contribution in [0.4, 0.5) is 0 Å². The van der Waals surface area contributed by atoms with Crippen molar-refractivity contribution in [3.8, 4) is 11.1 Å². The minimum Gasteiger partial charge on any atom is -0.389 e. The Hall–Kier alpha value is -2.63. The zero-order valence-electron chi connectivity index (χ0n) is 13.0. The molecule has 0 spiro atoms. The number of hydrogen-bond acceptors (Lipinski definition) is 3. The number of rotatable bonds is 4. The molecule has 0 saturated carbocycles. The number of fused-ring (bicyclic) bond motifs is 1. The molecule has 0 bridgehead atoms. The number of aromatic amines is 1. The number of nitrogens with one attached hydrogen (secondary N) is 1. The molecule has 1 atom stereocenters. The molecule has 3 rings (SSSR count).